The summed E-state index contributed by atoms with van der Waals surface area (Å²) in [5.74, 6) is -2.70. The van der Waals surface area contributed by atoms with Gasteiger partial charge < -0.3 is 4.74 Å². The smallest absolute Gasteiger partial charge is 0.275 e. The summed E-state index contributed by atoms with van der Waals surface area (Å²) in [7, 11) is 1.37. The predicted molar refractivity (Wildman–Crippen MR) is 50.3 cm³/mol. The summed E-state index contributed by atoms with van der Waals surface area (Å²) < 4.78 is 31.3. The Hall–Kier alpha value is -0.640. The van der Waals surface area contributed by atoms with Crippen molar-refractivity contribution >= 4 is 15.9 Å². The minimum Gasteiger partial charge on any atom is -0.496 e. The van der Waals surface area contributed by atoms with Crippen molar-refractivity contribution in [3.05, 3.63) is 28.2 Å². The predicted octanol–water partition coefficient (Wildman–Crippen LogP) is 3.57. The standard InChI is InChI=1S/C9H9BrF2O/c1-9(11,12)8-6(10)4-3-5-7(8)13-2/h3-5H,1-2H3. The van der Waals surface area contributed by atoms with E-state index in [2.05, 4.69) is 15.9 Å². The Balaban J connectivity index is 3.32. The van der Waals surface area contributed by atoms with Crippen LogP contribution < -0.4 is 4.74 Å². The Morgan fingerprint density at radius 1 is 1.38 bits per heavy atom. The van der Waals surface area contributed by atoms with Gasteiger partial charge in [-0.3, -0.25) is 0 Å². The molecule has 0 saturated carbocycles. The molecule has 0 radical (unpaired) electrons. The van der Waals surface area contributed by atoms with Gasteiger partial charge in [-0.15, -0.1) is 0 Å². The first kappa shape index (κ1) is 10.4. The van der Waals surface area contributed by atoms with Gasteiger partial charge in [-0.1, -0.05) is 22.0 Å². The van der Waals surface area contributed by atoms with Crippen LogP contribution in [0.1, 0.15) is 12.5 Å². The van der Waals surface area contributed by atoms with Crippen molar-refractivity contribution in [2.24, 2.45) is 0 Å². The van der Waals surface area contributed by atoms with Crippen molar-refractivity contribution in [1.29, 1.82) is 0 Å². The topological polar surface area (TPSA) is 9.23 Å². The number of hydrogen-bond acceptors (Lipinski definition) is 1. The van der Waals surface area contributed by atoms with Crippen LogP contribution in [0.5, 0.6) is 5.75 Å². The lowest BCUT2D eigenvalue weighted by atomic mass is 10.1. The monoisotopic (exact) mass is 250 g/mol. The van der Waals surface area contributed by atoms with E-state index in [0.717, 1.165) is 6.92 Å². The van der Waals surface area contributed by atoms with Gasteiger partial charge in [0.05, 0.1) is 12.7 Å². The molecule has 0 aliphatic rings. The molecule has 0 aliphatic carbocycles. The molecule has 0 aromatic heterocycles. The van der Waals surface area contributed by atoms with E-state index >= 15 is 0 Å². The Kier molecular flexibility index (Phi) is 2.91. The number of ether oxygens (including phenoxy) is 1. The van der Waals surface area contributed by atoms with Gasteiger partial charge in [0.15, 0.2) is 0 Å². The first-order valence-electron chi connectivity index (χ1n) is 3.67. The molecule has 1 aromatic carbocycles. The highest BCUT2D eigenvalue weighted by molar-refractivity contribution is 9.10. The van der Waals surface area contributed by atoms with Crippen molar-refractivity contribution in [2.75, 3.05) is 7.11 Å². The van der Waals surface area contributed by atoms with Gasteiger partial charge in [-0.05, 0) is 12.1 Å². The van der Waals surface area contributed by atoms with Crippen molar-refractivity contribution < 1.29 is 13.5 Å². The third kappa shape index (κ3) is 2.18. The summed E-state index contributed by atoms with van der Waals surface area (Å²) in [6, 6.07) is 4.73. The van der Waals surface area contributed by atoms with Crippen LogP contribution in [-0.2, 0) is 5.92 Å². The van der Waals surface area contributed by atoms with Crippen LogP contribution >= 0.6 is 15.9 Å². The molecule has 0 heterocycles. The van der Waals surface area contributed by atoms with Gasteiger partial charge in [0.1, 0.15) is 5.75 Å². The minimum absolute atomic E-state index is 0.113. The lowest BCUT2D eigenvalue weighted by Crippen LogP contribution is -2.10. The average molecular weight is 251 g/mol. The maximum absolute atomic E-state index is 13.1. The Labute approximate surface area is 83.8 Å². The van der Waals surface area contributed by atoms with Gasteiger partial charge >= 0.3 is 0 Å². The second-order valence-corrected chi connectivity index (χ2v) is 3.56. The summed E-state index contributed by atoms with van der Waals surface area (Å²) in [5.41, 5.74) is -0.113. The summed E-state index contributed by atoms with van der Waals surface area (Å²) in [6.07, 6.45) is 0. The number of benzene rings is 1. The number of rotatable bonds is 2. The van der Waals surface area contributed by atoms with Gasteiger partial charge in [0.25, 0.3) is 5.92 Å². The fraction of sp³-hybridized carbons (Fsp3) is 0.333. The minimum atomic E-state index is -2.90. The van der Waals surface area contributed by atoms with E-state index in [9.17, 15) is 8.78 Å². The second-order valence-electron chi connectivity index (χ2n) is 2.71. The molecule has 0 amide bonds. The molecule has 13 heavy (non-hydrogen) atoms. The van der Waals surface area contributed by atoms with Crippen LogP contribution in [0.4, 0.5) is 8.78 Å². The lowest BCUT2D eigenvalue weighted by Gasteiger charge is -2.16. The molecule has 1 nitrogen and oxygen atoms in total. The third-order valence-corrected chi connectivity index (χ3v) is 2.30. The van der Waals surface area contributed by atoms with Crippen LogP contribution in [0.25, 0.3) is 0 Å². The van der Waals surface area contributed by atoms with E-state index in [-0.39, 0.29) is 11.3 Å². The highest BCUT2D eigenvalue weighted by Crippen LogP contribution is 2.39. The molecule has 1 rings (SSSR count). The van der Waals surface area contributed by atoms with Crippen LogP contribution in [-0.4, -0.2) is 7.11 Å². The molecule has 0 aliphatic heterocycles. The van der Waals surface area contributed by atoms with E-state index in [1.54, 1.807) is 12.1 Å². The highest BCUT2D eigenvalue weighted by atomic mass is 79.9. The van der Waals surface area contributed by atoms with Crippen LogP contribution in [0.3, 0.4) is 0 Å². The van der Waals surface area contributed by atoms with E-state index in [4.69, 9.17) is 4.74 Å². The van der Waals surface area contributed by atoms with E-state index < -0.39 is 5.92 Å². The number of methoxy groups -OCH3 is 1. The second kappa shape index (κ2) is 3.62. The number of hydrogen-bond donors (Lipinski definition) is 0. The van der Waals surface area contributed by atoms with Crippen molar-refractivity contribution in [2.45, 2.75) is 12.8 Å². The number of halogens is 3. The van der Waals surface area contributed by atoms with Gasteiger partial charge in [0, 0.05) is 11.4 Å². The zero-order valence-corrected chi connectivity index (χ0v) is 8.86. The molecule has 72 valence electrons. The molecule has 0 atom stereocenters. The zero-order valence-electron chi connectivity index (χ0n) is 7.27. The maximum Gasteiger partial charge on any atom is 0.275 e. The summed E-state index contributed by atoms with van der Waals surface area (Å²) in [4.78, 5) is 0. The average Bonchev–Trinajstić information content (AvgIpc) is 2.01. The largest absolute Gasteiger partial charge is 0.496 e. The van der Waals surface area contributed by atoms with Crippen LogP contribution in [0, 0.1) is 0 Å². The van der Waals surface area contributed by atoms with Crippen LogP contribution in [0.2, 0.25) is 0 Å². The Bertz CT molecular complexity index is 307. The van der Waals surface area contributed by atoms with Gasteiger partial charge in [0.2, 0.25) is 0 Å². The van der Waals surface area contributed by atoms with E-state index in [1.165, 1.54) is 13.2 Å². The van der Waals surface area contributed by atoms with E-state index in [1.807, 2.05) is 0 Å². The molecule has 0 saturated heterocycles. The summed E-state index contributed by atoms with van der Waals surface area (Å²) in [5, 5.41) is 0. The van der Waals surface area contributed by atoms with Crippen molar-refractivity contribution in [1.82, 2.24) is 0 Å². The molecular formula is C9H9BrF2O. The first-order chi connectivity index (χ1) is 5.96. The molecule has 0 bridgehead atoms. The Morgan fingerprint density at radius 3 is 2.38 bits per heavy atom. The summed E-state index contributed by atoms with van der Waals surface area (Å²) >= 11 is 3.06. The van der Waals surface area contributed by atoms with Crippen molar-refractivity contribution in [3.63, 3.8) is 0 Å². The Morgan fingerprint density at radius 2 is 2.00 bits per heavy atom. The molecular weight excluding hydrogens is 242 g/mol. The van der Waals surface area contributed by atoms with Gasteiger partial charge in [-0.25, -0.2) is 8.78 Å². The van der Waals surface area contributed by atoms with Crippen molar-refractivity contribution in [3.8, 4) is 5.75 Å². The number of alkyl halides is 2. The SMILES string of the molecule is COc1cccc(Br)c1C(C)(F)F. The van der Waals surface area contributed by atoms with Gasteiger partial charge in [-0.2, -0.15) is 0 Å². The quantitative estimate of drug-likeness (QED) is 0.780. The zero-order chi connectivity index (χ0) is 10.1. The molecule has 0 fully saturated rings. The molecule has 4 heteroatoms. The molecule has 0 unspecified atom stereocenters. The fourth-order valence-electron chi connectivity index (χ4n) is 1.10. The van der Waals surface area contributed by atoms with Crippen LogP contribution in [0.15, 0.2) is 22.7 Å². The maximum atomic E-state index is 13.1. The highest BCUT2D eigenvalue weighted by Gasteiger charge is 2.30. The lowest BCUT2D eigenvalue weighted by molar-refractivity contribution is 0.0143. The molecule has 0 spiro atoms. The molecule has 0 N–H and O–H groups in total. The normalized spacial score (nSPS) is 11.5. The first-order valence-corrected chi connectivity index (χ1v) is 4.47. The fourth-order valence-corrected chi connectivity index (χ4v) is 1.80. The third-order valence-electron chi connectivity index (χ3n) is 1.63. The van der Waals surface area contributed by atoms with E-state index in [0.29, 0.717) is 4.47 Å². The summed E-state index contributed by atoms with van der Waals surface area (Å²) in [6.45, 7) is 0.843. The molecule has 1 aromatic rings.